The first-order chi connectivity index (χ1) is 7.21. The summed E-state index contributed by atoms with van der Waals surface area (Å²) in [5.74, 6) is 2.14. The Hall–Kier alpha value is -1.24. The summed E-state index contributed by atoms with van der Waals surface area (Å²) >= 11 is 0. The lowest BCUT2D eigenvalue weighted by molar-refractivity contribution is 0.339. The van der Waals surface area contributed by atoms with Crippen LogP contribution in [0.1, 0.15) is 31.9 Å². The molecule has 81 valence electrons. The van der Waals surface area contributed by atoms with Gasteiger partial charge in [-0.05, 0) is 36.6 Å². The Balaban J connectivity index is 3.04. The summed E-state index contributed by atoms with van der Waals surface area (Å²) in [5, 5.41) is 0. The highest BCUT2D eigenvalue weighted by molar-refractivity contribution is 5.43. The summed E-state index contributed by atoms with van der Waals surface area (Å²) < 4.78 is 5.54. The Bertz CT molecular complexity index is 328. The van der Waals surface area contributed by atoms with Crippen LogP contribution in [0.4, 0.5) is 0 Å². The molecule has 1 heteroatoms. The quantitative estimate of drug-likeness (QED) is 0.707. The molecule has 0 aromatic heterocycles. The van der Waals surface area contributed by atoms with Gasteiger partial charge in [0.25, 0.3) is 0 Å². The molecule has 0 heterocycles. The number of allylic oxidation sites excluding steroid dienone is 1. The van der Waals surface area contributed by atoms with E-state index < -0.39 is 0 Å². The van der Waals surface area contributed by atoms with Crippen LogP contribution in [-0.4, -0.2) is 6.61 Å². The van der Waals surface area contributed by atoms with E-state index in [0.29, 0.717) is 6.61 Å². The molecule has 0 saturated carbocycles. The summed E-state index contributed by atoms with van der Waals surface area (Å²) in [6.07, 6.45) is 2.91. The van der Waals surface area contributed by atoms with Crippen LogP contribution in [0, 0.1) is 5.92 Å². The second-order valence-electron chi connectivity index (χ2n) is 3.54. The molecule has 1 rings (SSSR count). The molecule has 0 aliphatic rings. The average Bonchev–Trinajstić information content (AvgIpc) is 2.28. The molecule has 0 spiro atoms. The maximum Gasteiger partial charge on any atom is 0.119 e. The van der Waals surface area contributed by atoms with Crippen LogP contribution in [0.25, 0.3) is 0 Å². The fourth-order valence-corrected chi connectivity index (χ4v) is 1.46. The van der Waals surface area contributed by atoms with E-state index >= 15 is 0 Å². The van der Waals surface area contributed by atoms with E-state index in [4.69, 9.17) is 4.74 Å². The summed E-state index contributed by atoms with van der Waals surface area (Å²) in [4.78, 5) is 0. The number of aryl methyl sites for hydroxylation is 1. The van der Waals surface area contributed by atoms with Crippen LogP contribution in [0.2, 0.25) is 0 Å². The molecule has 1 aromatic carbocycles. The zero-order valence-electron chi connectivity index (χ0n) is 9.84. The third-order valence-corrected chi connectivity index (χ3v) is 2.45. The molecule has 15 heavy (non-hydrogen) atoms. The van der Waals surface area contributed by atoms with E-state index in [1.807, 2.05) is 13.0 Å². The summed E-state index contributed by atoms with van der Waals surface area (Å²) in [7, 11) is 0. The van der Waals surface area contributed by atoms with Crippen molar-refractivity contribution in [2.75, 3.05) is 6.61 Å². The predicted octanol–water partition coefficient (Wildman–Crippen LogP) is 3.78. The lowest BCUT2D eigenvalue weighted by atomic mass is 9.98. The van der Waals surface area contributed by atoms with Gasteiger partial charge in [-0.15, -0.1) is 6.58 Å². The van der Waals surface area contributed by atoms with Crippen molar-refractivity contribution in [2.24, 2.45) is 0 Å². The van der Waals surface area contributed by atoms with Crippen molar-refractivity contribution in [3.63, 3.8) is 0 Å². The highest BCUT2D eigenvalue weighted by Crippen LogP contribution is 2.23. The fraction of sp³-hybridized carbons (Fsp3) is 0.357. The predicted molar refractivity (Wildman–Crippen MR) is 65.2 cm³/mol. The largest absolute Gasteiger partial charge is 0.494 e. The van der Waals surface area contributed by atoms with Crippen molar-refractivity contribution in [1.29, 1.82) is 0 Å². The maximum absolute atomic E-state index is 5.54. The van der Waals surface area contributed by atoms with Gasteiger partial charge in [-0.3, -0.25) is 0 Å². The highest BCUT2D eigenvalue weighted by atomic mass is 16.5. The van der Waals surface area contributed by atoms with Gasteiger partial charge in [-0.1, -0.05) is 26.0 Å². The summed E-state index contributed by atoms with van der Waals surface area (Å²) in [6, 6.07) is 6.36. The minimum Gasteiger partial charge on any atom is -0.494 e. The number of ether oxygens (including phenoxy) is 1. The lowest BCUT2D eigenvalue weighted by Gasteiger charge is -2.11. The van der Waals surface area contributed by atoms with Gasteiger partial charge < -0.3 is 4.74 Å². The molecule has 0 bridgehead atoms. The van der Waals surface area contributed by atoms with E-state index in [-0.39, 0.29) is 0 Å². The SMILES string of the molecule is C=C[C](C)c1cc(CC)cc(OCC)c1. The Morgan fingerprint density at radius 2 is 2.07 bits per heavy atom. The van der Waals surface area contributed by atoms with Gasteiger partial charge in [0.1, 0.15) is 5.75 Å². The fourth-order valence-electron chi connectivity index (χ4n) is 1.46. The van der Waals surface area contributed by atoms with Crippen molar-refractivity contribution in [3.8, 4) is 5.75 Å². The highest BCUT2D eigenvalue weighted by Gasteiger charge is 2.05. The van der Waals surface area contributed by atoms with Crippen LogP contribution in [0.3, 0.4) is 0 Å². The van der Waals surface area contributed by atoms with Crippen LogP contribution in [-0.2, 0) is 6.42 Å². The molecular formula is C14H19O. The van der Waals surface area contributed by atoms with Crippen LogP contribution < -0.4 is 4.74 Å². The third kappa shape index (κ3) is 3.12. The van der Waals surface area contributed by atoms with Crippen molar-refractivity contribution in [2.45, 2.75) is 27.2 Å². The van der Waals surface area contributed by atoms with Crippen molar-refractivity contribution < 1.29 is 4.74 Å². The standard InChI is InChI=1S/C14H19O/c1-5-11(4)13-8-12(6-2)9-14(10-13)15-7-3/h5,8-10H,1,6-7H2,2-4H3. The number of hydrogen-bond donors (Lipinski definition) is 0. The van der Waals surface area contributed by atoms with Gasteiger partial charge in [0.2, 0.25) is 0 Å². The van der Waals surface area contributed by atoms with E-state index in [9.17, 15) is 0 Å². The van der Waals surface area contributed by atoms with Gasteiger partial charge in [0, 0.05) is 5.92 Å². The normalized spacial score (nSPS) is 10.4. The van der Waals surface area contributed by atoms with E-state index in [0.717, 1.165) is 12.2 Å². The second kappa shape index (κ2) is 5.59. The third-order valence-electron chi connectivity index (χ3n) is 2.45. The molecule has 1 nitrogen and oxygen atoms in total. The van der Waals surface area contributed by atoms with Crippen LogP contribution in [0.5, 0.6) is 5.75 Å². The van der Waals surface area contributed by atoms with E-state index in [1.54, 1.807) is 0 Å². The number of benzene rings is 1. The lowest BCUT2D eigenvalue weighted by Crippen LogP contribution is -1.97. The molecule has 1 aromatic rings. The first kappa shape index (κ1) is 11.8. The Kier molecular flexibility index (Phi) is 4.41. The van der Waals surface area contributed by atoms with E-state index in [2.05, 4.69) is 38.6 Å². The molecule has 0 saturated heterocycles. The molecule has 1 radical (unpaired) electrons. The molecule has 0 aliphatic heterocycles. The van der Waals surface area contributed by atoms with Crippen molar-refractivity contribution in [1.82, 2.24) is 0 Å². The molecule has 0 unspecified atom stereocenters. The minimum absolute atomic E-state index is 0.708. The zero-order chi connectivity index (χ0) is 11.3. The molecule has 0 aliphatic carbocycles. The monoisotopic (exact) mass is 203 g/mol. The molecule has 0 atom stereocenters. The maximum atomic E-state index is 5.54. The smallest absolute Gasteiger partial charge is 0.119 e. The zero-order valence-corrected chi connectivity index (χ0v) is 9.84. The van der Waals surface area contributed by atoms with Gasteiger partial charge in [-0.25, -0.2) is 0 Å². The van der Waals surface area contributed by atoms with Crippen molar-refractivity contribution >= 4 is 0 Å². The van der Waals surface area contributed by atoms with Gasteiger partial charge in [0.15, 0.2) is 0 Å². The van der Waals surface area contributed by atoms with Gasteiger partial charge in [0.05, 0.1) is 6.61 Å². The van der Waals surface area contributed by atoms with Gasteiger partial charge >= 0.3 is 0 Å². The first-order valence-electron chi connectivity index (χ1n) is 5.44. The minimum atomic E-state index is 0.708. The summed E-state index contributed by atoms with van der Waals surface area (Å²) in [5.41, 5.74) is 2.50. The molecule has 0 fully saturated rings. The number of hydrogen-bond acceptors (Lipinski definition) is 1. The topological polar surface area (TPSA) is 9.23 Å². The van der Waals surface area contributed by atoms with E-state index in [1.165, 1.54) is 17.0 Å². The van der Waals surface area contributed by atoms with Crippen molar-refractivity contribution in [3.05, 3.63) is 47.9 Å². The molecule has 0 N–H and O–H groups in total. The second-order valence-corrected chi connectivity index (χ2v) is 3.54. The molecular weight excluding hydrogens is 184 g/mol. The Morgan fingerprint density at radius 1 is 1.33 bits per heavy atom. The van der Waals surface area contributed by atoms with Crippen LogP contribution in [0.15, 0.2) is 30.9 Å². The Morgan fingerprint density at radius 3 is 2.60 bits per heavy atom. The summed E-state index contributed by atoms with van der Waals surface area (Å²) in [6.45, 7) is 10.7. The molecule has 0 amide bonds. The van der Waals surface area contributed by atoms with Gasteiger partial charge in [-0.2, -0.15) is 0 Å². The number of rotatable bonds is 5. The van der Waals surface area contributed by atoms with Crippen LogP contribution >= 0.6 is 0 Å². The first-order valence-corrected chi connectivity index (χ1v) is 5.44. The Labute approximate surface area is 92.8 Å². The average molecular weight is 203 g/mol.